The van der Waals surface area contributed by atoms with E-state index in [1.165, 1.54) is 7.05 Å². The van der Waals surface area contributed by atoms with Crippen LogP contribution in [0.4, 0.5) is 27.6 Å². The van der Waals surface area contributed by atoms with E-state index in [0.29, 0.717) is 22.4 Å². The summed E-state index contributed by atoms with van der Waals surface area (Å²) >= 11 is 0.298. The minimum Gasteiger partial charge on any atom is -0.359 e. The lowest BCUT2D eigenvalue weighted by molar-refractivity contribution is -0.148. The van der Waals surface area contributed by atoms with Crippen LogP contribution in [0.25, 0.3) is 0 Å². The third-order valence-electron chi connectivity index (χ3n) is 3.98. The van der Waals surface area contributed by atoms with Gasteiger partial charge in [-0.2, -0.15) is 13.2 Å². The number of rotatable bonds is 5. The van der Waals surface area contributed by atoms with E-state index in [1.54, 1.807) is 0 Å². The Kier molecular flexibility index (Phi) is 6.50. The highest BCUT2D eigenvalue weighted by molar-refractivity contribution is 8.01. The van der Waals surface area contributed by atoms with Gasteiger partial charge in [-0.05, 0) is 6.42 Å². The highest BCUT2D eigenvalue weighted by Gasteiger charge is 2.54. The average Bonchev–Trinajstić information content (AvgIpc) is 3.04. The number of amides is 2. The van der Waals surface area contributed by atoms with Crippen molar-refractivity contribution in [3.8, 4) is 0 Å². The maximum absolute atomic E-state index is 13.6. The van der Waals surface area contributed by atoms with Crippen molar-refractivity contribution in [2.75, 3.05) is 19.0 Å². The van der Waals surface area contributed by atoms with Crippen molar-refractivity contribution >= 4 is 29.3 Å². The zero-order valence-corrected chi connectivity index (χ0v) is 14.8. The number of aryl methyl sites for hydroxylation is 1. The van der Waals surface area contributed by atoms with Gasteiger partial charge in [0.1, 0.15) is 11.9 Å². The molecule has 0 bridgehead atoms. The van der Waals surface area contributed by atoms with Crippen molar-refractivity contribution in [2.24, 2.45) is 5.92 Å². The Bertz CT molecular complexity index is 783. The molecule has 1 aromatic rings. The van der Waals surface area contributed by atoms with E-state index < -0.39 is 59.0 Å². The Morgan fingerprint density at radius 3 is 2.56 bits per heavy atom. The van der Waals surface area contributed by atoms with Crippen LogP contribution < -0.4 is 16.2 Å². The molecule has 0 saturated carbocycles. The van der Waals surface area contributed by atoms with Crippen LogP contribution in [0, 0.1) is 11.7 Å². The van der Waals surface area contributed by atoms with Gasteiger partial charge in [-0.1, -0.05) is 0 Å². The number of pyridine rings is 1. The van der Waals surface area contributed by atoms with Crippen LogP contribution in [0.2, 0.25) is 0 Å². The number of hydrogen-bond acceptors (Lipinski definition) is 4. The summed E-state index contributed by atoms with van der Waals surface area (Å²) in [5, 5.41) is 1.11. The SMILES string of the molecule is CNC(=O)C1CC(C(=O)Nc2cc(F)c(=O)n(CCF)c2)SC1C(F)(F)F. The third-order valence-corrected chi connectivity index (χ3v) is 5.60. The van der Waals surface area contributed by atoms with Crippen LogP contribution in [0.15, 0.2) is 17.1 Å². The lowest BCUT2D eigenvalue weighted by Crippen LogP contribution is -2.39. The van der Waals surface area contributed by atoms with Gasteiger partial charge in [-0.25, -0.2) is 8.78 Å². The fourth-order valence-corrected chi connectivity index (χ4v) is 4.17. The molecule has 2 heterocycles. The normalized spacial score (nSPS) is 22.5. The number of halogens is 5. The zero-order valence-electron chi connectivity index (χ0n) is 14.0. The van der Waals surface area contributed by atoms with Crippen molar-refractivity contribution in [1.29, 1.82) is 0 Å². The first-order valence-electron chi connectivity index (χ1n) is 7.79. The monoisotopic (exact) mass is 413 g/mol. The van der Waals surface area contributed by atoms with Crippen molar-refractivity contribution in [1.82, 2.24) is 9.88 Å². The number of nitrogens with zero attached hydrogens (tertiary/aromatic N) is 1. The Labute approximate surface area is 154 Å². The second kappa shape index (κ2) is 8.28. The number of aromatic nitrogens is 1. The second-order valence-electron chi connectivity index (χ2n) is 5.80. The van der Waals surface area contributed by atoms with Crippen LogP contribution in [-0.2, 0) is 16.1 Å². The predicted molar refractivity (Wildman–Crippen MR) is 88.7 cm³/mol. The maximum Gasteiger partial charge on any atom is 0.401 e. The average molecular weight is 413 g/mol. The molecule has 1 aliphatic rings. The molecule has 1 aromatic heterocycles. The molecule has 0 radical (unpaired) electrons. The molecule has 0 spiro atoms. The van der Waals surface area contributed by atoms with E-state index in [0.717, 1.165) is 6.20 Å². The van der Waals surface area contributed by atoms with E-state index in [1.807, 2.05) is 0 Å². The van der Waals surface area contributed by atoms with Gasteiger partial charge < -0.3 is 15.2 Å². The van der Waals surface area contributed by atoms with E-state index in [-0.39, 0.29) is 12.1 Å². The van der Waals surface area contributed by atoms with Crippen LogP contribution in [0.5, 0.6) is 0 Å². The molecule has 3 atom stereocenters. The summed E-state index contributed by atoms with van der Waals surface area (Å²) in [6, 6.07) is 0.700. The van der Waals surface area contributed by atoms with Crippen molar-refractivity contribution < 1.29 is 31.5 Å². The summed E-state index contributed by atoms with van der Waals surface area (Å²) in [7, 11) is 1.20. The van der Waals surface area contributed by atoms with Gasteiger partial charge in [-0.15, -0.1) is 11.8 Å². The number of alkyl halides is 4. The standard InChI is InChI=1S/C15H16F5N3O3S/c1-21-12(24)8-5-10(27-11(8)15(18,19)20)13(25)22-7-4-9(17)14(26)23(6-7)3-2-16/h4,6,8,10-11H,2-3,5H2,1H3,(H,21,24)(H,22,25). The maximum atomic E-state index is 13.6. The summed E-state index contributed by atoms with van der Waals surface area (Å²) < 4.78 is 66.2. The van der Waals surface area contributed by atoms with Crippen molar-refractivity contribution in [3.05, 3.63) is 28.4 Å². The molecule has 2 N–H and O–H groups in total. The largest absolute Gasteiger partial charge is 0.401 e. The van der Waals surface area contributed by atoms with E-state index in [2.05, 4.69) is 10.6 Å². The first-order valence-corrected chi connectivity index (χ1v) is 8.73. The lowest BCUT2D eigenvalue weighted by atomic mass is 9.98. The van der Waals surface area contributed by atoms with E-state index >= 15 is 0 Å². The Hall–Kier alpha value is -2.11. The van der Waals surface area contributed by atoms with Gasteiger partial charge in [0, 0.05) is 19.3 Å². The minimum atomic E-state index is -4.68. The number of carbonyl (C=O) groups excluding carboxylic acids is 2. The molecular weight excluding hydrogens is 397 g/mol. The molecule has 150 valence electrons. The summed E-state index contributed by atoms with van der Waals surface area (Å²) in [5.41, 5.74) is -1.28. The Balaban J connectivity index is 2.19. The quantitative estimate of drug-likeness (QED) is 0.721. The van der Waals surface area contributed by atoms with Crippen LogP contribution in [0.3, 0.4) is 0 Å². The predicted octanol–water partition coefficient (Wildman–Crippen LogP) is 1.69. The molecule has 0 aromatic carbocycles. The molecule has 1 fully saturated rings. The molecule has 27 heavy (non-hydrogen) atoms. The number of carbonyl (C=O) groups is 2. The summed E-state index contributed by atoms with van der Waals surface area (Å²) in [5.74, 6) is -4.38. The van der Waals surface area contributed by atoms with E-state index in [9.17, 15) is 36.3 Å². The molecule has 3 unspecified atom stereocenters. The van der Waals surface area contributed by atoms with Crippen molar-refractivity contribution in [3.63, 3.8) is 0 Å². The minimum absolute atomic E-state index is 0.196. The van der Waals surface area contributed by atoms with Gasteiger partial charge in [-0.3, -0.25) is 14.4 Å². The van der Waals surface area contributed by atoms with Gasteiger partial charge in [0.25, 0.3) is 5.56 Å². The van der Waals surface area contributed by atoms with Crippen LogP contribution in [-0.4, -0.2) is 46.8 Å². The van der Waals surface area contributed by atoms with Crippen molar-refractivity contribution in [2.45, 2.75) is 29.6 Å². The lowest BCUT2D eigenvalue weighted by Gasteiger charge is -2.19. The number of hydrogen-bond donors (Lipinski definition) is 2. The molecule has 2 amide bonds. The van der Waals surface area contributed by atoms with Gasteiger partial charge in [0.05, 0.1) is 23.4 Å². The highest BCUT2D eigenvalue weighted by atomic mass is 32.2. The molecule has 2 rings (SSSR count). The zero-order chi connectivity index (χ0) is 20.4. The number of nitrogens with one attached hydrogen (secondary N) is 2. The highest BCUT2D eigenvalue weighted by Crippen LogP contribution is 2.47. The Morgan fingerprint density at radius 2 is 2.00 bits per heavy atom. The van der Waals surface area contributed by atoms with Gasteiger partial charge in [0.2, 0.25) is 11.8 Å². The first kappa shape index (κ1) is 21.2. The smallest absolute Gasteiger partial charge is 0.359 e. The fourth-order valence-electron chi connectivity index (χ4n) is 2.73. The summed E-state index contributed by atoms with van der Waals surface area (Å²) in [6.07, 6.45) is -4.04. The number of thioether (sulfide) groups is 1. The molecule has 1 aliphatic heterocycles. The fraction of sp³-hybridized carbons (Fsp3) is 0.533. The number of anilines is 1. The van der Waals surface area contributed by atoms with Crippen LogP contribution in [0.1, 0.15) is 6.42 Å². The summed E-state index contributed by atoms with van der Waals surface area (Å²) in [6.45, 7) is -1.39. The van der Waals surface area contributed by atoms with Crippen LogP contribution >= 0.6 is 11.8 Å². The third kappa shape index (κ3) is 4.79. The topological polar surface area (TPSA) is 80.2 Å². The second-order valence-corrected chi connectivity index (χ2v) is 7.15. The molecular formula is C15H16F5N3O3S. The molecule has 0 aliphatic carbocycles. The molecule has 12 heteroatoms. The summed E-state index contributed by atoms with van der Waals surface area (Å²) in [4.78, 5) is 35.5. The Morgan fingerprint density at radius 1 is 1.33 bits per heavy atom. The van der Waals surface area contributed by atoms with Gasteiger partial charge >= 0.3 is 6.18 Å². The van der Waals surface area contributed by atoms with Gasteiger partial charge in [0.15, 0.2) is 5.82 Å². The molecule has 1 saturated heterocycles. The first-order chi connectivity index (χ1) is 12.6. The molecule has 6 nitrogen and oxygen atoms in total. The van der Waals surface area contributed by atoms with E-state index in [4.69, 9.17) is 0 Å².